The number of benzene rings is 10. The molecule has 10 heterocycles. The summed E-state index contributed by atoms with van der Waals surface area (Å²) in [6.45, 7) is 14.7. The largest absolute Gasteiger partial charge is 0.456 e. The molecule has 20 rings (SSSR count). The molecule has 10 aromatic heterocycles. The Bertz CT molecular complexity index is 7100. The van der Waals surface area contributed by atoms with Crippen LogP contribution in [0.3, 0.4) is 0 Å². The van der Waals surface area contributed by atoms with Crippen LogP contribution in [0.2, 0.25) is 0 Å². The Balaban J connectivity index is 0.000000106. The summed E-state index contributed by atoms with van der Waals surface area (Å²) in [6, 6.07) is 77.4. The molecule has 0 amide bonds. The summed E-state index contributed by atoms with van der Waals surface area (Å²) in [5, 5.41) is 13.9. The minimum absolute atomic E-state index is 0.349. The van der Waals surface area contributed by atoms with E-state index in [0.717, 1.165) is 133 Å². The third-order valence-electron chi connectivity index (χ3n) is 20.8. The predicted molar refractivity (Wildman–Crippen MR) is 430 cm³/mol. The van der Waals surface area contributed by atoms with Gasteiger partial charge in [-0.25, -0.2) is 28.2 Å². The van der Waals surface area contributed by atoms with Crippen molar-refractivity contribution in [3.63, 3.8) is 0 Å². The van der Waals surface area contributed by atoms with E-state index in [1.807, 2.05) is 49.0 Å². The number of fused-ring (bicyclic) bond motifs is 18. The highest BCUT2D eigenvalue weighted by molar-refractivity contribution is 6.20. The molecule has 0 radical (unpaired) electrons. The average Bonchev–Trinajstić information content (AvgIpc) is 1.60. The van der Waals surface area contributed by atoms with Crippen molar-refractivity contribution in [2.75, 3.05) is 0 Å². The zero-order valence-electron chi connectivity index (χ0n) is 64.0. The summed E-state index contributed by atoms with van der Waals surface area (Å²) in [6.07, 6.45) is 8.54. The topological polar surface area (TPSA) is 93.9 Å². The van der Waals surface area contributed by atoms with E-state index in [0.29, 0.717) is 5.56 Å². The first kappa shape index (κ1) is 62.1. The van der Waals surface area contributed by atoms with Crippen LogP contribution in [0, 0.1) is 62.2 Å². The van der Waals surface area contributed by atoms with Crippen molar-refractivity contribution >= 4 is 131 Å². The van der Waals surface area contributed by atoms with Crippen molar-refractivity contribution in [3.8, 4) is 45.0 Å². The van der Waals surface area contributed by atoms with E-state index in [4.69, 9.17) is 31.7 Å². The molecule has 0 saturated heterocycles. The molecule has 0 aliphatic carbocycles. The fourth-order valence-electron chi connectivity index (χ4n) is 15.4. The molecule has 0 bridgehead atoms. The highest BCUT2D eigenvalue weighted by Crippen LogP contribution is 2.40. The molecular formula is C95H80N6O4+4. The van der Waals surface area contributed by atoms with E-state index in [1.54, 1.807) is 12.1 Å². The van der Waals surface area contributed by atoms with E-state index in [9.17, 15) is 0 Å². The van der Waals surface area contributed by atoms with Crippen LogP contribution in [0.4, 0.5) is 0 Å². The third-order valence-corrected chi connectivity index (χ3v) is 20.8. The highest BCUT2D eigenvalue weighted by atomic mass is 16.3. The van der Waals surface area contributed by atoms with Crippen molar-refractivity contribution in [2.45, 2.75) is 62.2 Å². The molecule has 0 unspecified atom stereocenters. The fourth-order valence-corrected chi connectivity index (χ4v) is 15.4. The monoisotopic (exact) mass is 1370 g/mol. The smallest absolute Gasteiger partial charge is 0.216 e. The Hall–Kier alpha value is -12.7. The average molecular weight is 1370 g/mol. The Morgan fingerprint density at radius 1 is 0.267 bits per heavy atom. The van der Waals surface area contributed by atoms with Gasteiger partial charge in [0.25, 0.3) is 0 Å². The van der Waals surface area contributed by atoms with E-state index in [-0.39, 0.29) is 0 Å². The van der Waals surface area contributed by atoms with Gasteiger partial charge >= 0.3 is 0 Å². The van der Waals surface area contributed by atoms with Gasteiger partial charge in [-0.15, -0.1) is 0 Å². The standard InChI is InChI=1S/2C24H21N2O.C24H20NO.C23H18NO/c2*1-14-5-7-18(16(3)9-14)21-12-22-19(13-26(21)4)24-23(27-22)11-17-10-15(2)6-8-20(17)25-24;1-15-8-10-19-17(12-15)9-11-22-24(19)20-14-25(3)21(13-23(20)26-22)18-7-5-4-6-16(18)2;1-15-7-3-5-9-17(15)20-13-22-19(14-24(20)2)23-18-10-6-4-8-16(18)11-12-21(23)25-22/h2*5-13H,1-4H3;4-14H,1-3H3;3-14H,1-2H3/q4*+1/i1D3;;;. The lowest BCUT2D eigenvalue weighted by Gasteiger charge is -2.05. The van der Waals surface area contributed by atoms with Gasteiger partial charge in [0.1, 0.15) is 83.5 Å². The van der Waals surface area contributed by atoms with E-state index in [2.05, 4.69) is 290 Å². The number of rotatable bonds is 4. The number of hydrogen-bond acceptors (Lipinski definition) is 6. The lowest BCUT2D eigenvalue weighted by atomic mass is 10.0. The van der Waals surface area contributed by atoms with Gasteiger partial charge in [-0.1, -0.05) is 155 Å². The maximum absolute atomic E-state index is 7.64. The van der Waals surface area contributed by atoms with Crippen LogP contribution in [0.25, 0.3) is 176 Å². The molecular weight excluding hydrogens is 1290 g/mol. The first-order valence-corrected chi connectivity index (χ1v) is 35.6. The minimum atomic E-state index is -2.11. The van der Waals surface area contributed by atoms with Gasteiger partial charge in [0.05, 0.1) is 46.1 Å². The summed E-state index contributed by atoms with van der Waals surface area (Å²) in [5.74, 6) is 0. The van der Waals surface area contributed by atoms with Gasteiger partial charge in [0.2, 0.25) is 22.8 Å². The van der Waals surface area contributed by atoms with Gasteiger partial charge in [0, 0.05) is 47.9 Å². The summed E-state index contributed by atoms with van der Waals surface area (Å²) < 4.78 is 56.3. The van der Waals surface area contributed by atoms with Crippen molar-refractivity contribution in [1.29, 1.82) is 0 Å². The summed E-state index contributed by atoms with van der Waals surface area (Å²) in [7, 11) is 8.27. The molecule has 510 valence electrons. The molecule has 105 heavy (non-hydrogen) atoms. The first-order valence-electron chi connectivity index (χ1n) is 37.1. The minimum Gasteiger partial charge on any atom is -0.456 e. The zero-order valence-corrected chi connectivity index (χ0v) is 61.0. The summed E-state index contributed by atoms with van der Waals surface area (Å²) in [4.78, 5) is 9.71. The number of aryl methyl sites for hydroxylation is 13. The molecule has 0 N–H and O–H groups in total. The summed E-state index contributed by atoms with van der Waals surface area (Å²) >= 11 is 0. The molecule has 10 aromatic carbocycles. The van der Waals surface area contributed by atoms with E-state index in [1.165, 1.54) is 88.0 Å². The van der Waals surface area contributed by atoms with Gasteiger partial charge < -0.3 is 17.7 Å². The van der Waals surface area contributed by atoms with Crippen LogP contribution in [0.15, 0.2) is 267 Å². The molecule has 0 aliphatic heterocycles. The molecule has 10 heteroatoms. The molecule has 10 nitrogen and oxygen atoms in total. The van der Waals surface area contributed by atoms with E-state index < -0.39 is 6.85 Å². The fraction of sp³-hybridized carbons (Fsp3) is 0.137. The highest BCUT2D eigenvalue weighted by Gasteiger charge is 2.25. The van der Waals surface area contributed by atoms with Gasteiger partial charge in [-0.3, -0.25) is 0 Å². The van der Waals surface area contributed by atoms with Crippen molar-refractivity contribution < 1.29 is 40.0 Å². The SMILES string of the molecule is Cc1ccc(-c2cc3oc4cc5cc(C)ccc5nc4c3c[n+]2C)c(C)c1.Cc1ccc2c(ccc3oc4cc(-c5ccccc5C)[n+](C)cc4c32)c1.Cc1ccccc1-c1cc2oc3ccc4ccccc4c3c2c[n+]1C.[2H]C([2H])([2H])c1ccc(-c2cc3oc4cc5cc(C)ccc5nc4c3c[n+]2C)c(C)c1. The van der Waals surface area contributed by atoms with Gasteiger partial charge in [-0.2, -0.15) is 0 Å². The lowest BCUT2D eigenvalue weighted by Crippen LogP contribution is -2.30. The number of pyridine rings is 6. The molecule has 20 aromatic rings. The maximum atomic E-state index is 7.64. The molecule has 0 atom stereocenters. The van der Waals surface area contributed by atoms with Crippen LogP contribution in [-0.2, 0) is 28.2 Å². The maximum Gasteiger partial charge on any atom is 0.216 e. The molecule has 0 saturated carbocycles. The Morgan fingerprint density at radius 3 is 1.10 bits per heavy atom. The van der Waals surface area contributed by atoms with E-state index >= 15 is 0 Å². The third kappa shape index (κ3) is 11.9. The number of hydrogen-bond donors (Lipinski definition) is 0. The molecule has 0 aliphatic rings. The van der Waals surface area contributed by atoms with Crippen LogP contribution < -0.4 is 18.3 Å². The molecule has 0 fully saturated rings. The Morgan fingerprint density at radius 2 is 0.629 bits per heavy atom. The van der Waals surface area contributed by atoms with Crippen molar-refractivity contribution in [3.05, 3.63) is 299 Å². The number of aromatic nitrogens is 6. The quantitative estimate of drug-likeness (QED) is 0.163. The Kier molecular flexibility index (Phi) is 15.4. The second-order valence-corrected chi connectivity index (χ2v) is 28.5. The normalized spacial score (nSPS) is 12.2. The van der Waals surface area contributed by atoms with Crippen LogP contribution in [0.5, 0.6) is 0 Å². The predicted octanol–water partition coefficient (Wildman–Crippen LogP) is 22.5. The second kappa shape index (κ2) is 26.0. The van der Waals surface area contributed by atoms with Gasteiger partial charge in [-0.05, 0) is 179 Å². The zero-order chi connectivity index (χ0) is 74.7. The molecule has 0 spiro atoms. The second-order valence-electron chi connectivity index (χ2n) is 28.5. The lowest BCUT2D eigenvalue weighted by molar-refractivity contribution is -0.659. The number of nitrogens with zero attached hydrogens (tertiary/aromatic N) is 6. The first-order chi connectivity index (χ1) is 52.0. The number of furan rings is 4. The van der Waals surface area contributed by atoms with Crippen LogP contribution in [-0.4, -0.2) is 9.97 Å². The van der Waals surface area contributed by atoms with Crippen LogP contribution >= 0.6 is 0 Å². The van der Waals surface area contributed by atoms with Crippen molar-refractivity contribution in [1.82, 2.24) is 9.97 Å². The van der Waals surface area contributed by atoms with Crippen molar-refractivity contribution in [2.24, 2.45) is 28.2 Å². The van der Waals surface area contributed by atoms with Crippen LogP contribution in [0.1, 0.15) is 54.2 Å². The summed E-state index contributed by atoms with van der Waals surface area (Å²) in [5.41, 5.74) is 29.8. The Labute approximate surface area is 612 Å². The van der Waals surface area contributed by atoms with Gasteiger partial charge in [0.15, 0.2) is 36.0 Å².